The molecule has 0 saturated heterocycles. The van der Waals surface area contributed by atoms with Crippen molar-refractivity contribution in [2.24, 2.45) is 4.99 Å². The Morgan fingerprint density at radius 2 is 2.00 bits per heavy atom. The van der Waals surface area contributed by atoms with Crippen molar-refractivity contribution in [2.75, 3.05) is 11.9 Å². The van der Waals surface area contributed by atoms with Crippen molar-refractivity contribution in [2.45, 2.75) is 39.0 Å². The number of fused-ring (bicyclic) bond motifs is 2. The van der Waals surface area contributed by atoms with Crippen LogP contribution in [0.25, 0.3) is 11.6 Å². The number of ether oxygens (including phenoxy) is 1. The molecular formula is C28H26N4O4. The lowest BCUT2D eigenvalue weighted by Gasteiger charge is -2.11. The first-order valence-electron chi connectivity index (χ1n) is 12.1. The maximum absolute atomic E-state index is 12.9. The minimum absolute atomic E-state index is 0.0695. The van der Waals surface area contributed by atoms with Crippen molar-refractivity contribution >= 4 is 46.9 Å². The zero-order valence-electron chi connectivity index (χ0n) is 20.0. The summed E-state index contributed by atoms with van der Waals surface area (Å²) in [5.74, 6) is -0.467. The van der Waals surface area contributed by atoms with Gasteiger partial charge in [-0.15, -0.1) is 0 Å². The molecule has 0 spiro atoms. The molecule has 8 heteroatoms. The predicted octanol–water partition coefficient (Wildman–Crippen LogP) is 4.67. The fourth-order valence-corrected chi connectivity index (χ4v) is 4.68. The van der Waals surface area contributed by atoms with Crippen LogP contribution in [0.4, 0.5) is 11.4 Å². The van der Waals surface area contributed by atoms with Gasteiger partial charge in [0.05, 0.1) is 17.9 Å². The molecule has 1 aliphatic carbocycles. The third kappa shape index (κ3) is 4.75. The lowest BCUT2D eigenvalue weighted by molar-refractivity contribution is -0.143. The number of carbonyl (C=O) groups is 3. The maximum Gasteiger partial charge on any atom is 0.306 e. The Kier molecular flexibility index (Phi) is 6.58. The number of benzene rings is 1. The van der Waals surface area contributed by atoms with Gasteiger partial charge in [0.1, 0.15) is 0 Å². The molecular weight excluding hydrogens is 456 g/mol. The van der Waals surface area contributed by atoms with E-state index in [1.54, 1.807) is 31.6 Å². The molecule has 0 bridgehead atoms. The summed E-state index contributed by atoms with van der Waals surface area (Å²) in [4.78, 5) is 49.6. The second-order valence-electron chi connectivity index (χ2n) is 8.73. The van der Waals surface area contributed by atoms with Gasteiger partial charge in [0.2, 0.25) is 0 Å². The van der Waals surface area contributed by atoms with E-state index in [1.165, 1.54) is 0 Å². The zero-order chi connectivity index (χ0) is 25.1. The van der Waals surface area contributed by atoms with Crippen LogP contribution >= 0.6 is 0 Å². The number of ketones is 1. The van der Waals surface area contributed by atoms with Crippen molar-refractivity contribution in [1.82, 2.24) is 9.97 Å². The van der Waals surface area contributed by atoms with Crippen molar-refractivity contribution in [3.63, 3.8) is 0 Å². The molecule has 2 N–H and O–H groups in total. The normalized spacial score (nSPS) is 15.8. The van der Waals surface area contributed by atoms with Crippen LogP contribution < -0.4 is 5.32 Å². The van der Waals surface area contributed by atoms with Crippen LogP contribution in [0.1, 0.15) is 64.6 Å². The van der Waals surface area contributed by atoms with E-state index >= 15 is 0 Å². The quantitative estimate of drug-likeness (QED) is 0.289. The second-order valence-corrected chi connectivity index (χ2v) is 8.73. The summed E-state index contributed by atoms with van der Waals surface area (Å²) in [6.07, 6.45) is 9.48. The lowest BCUT2D eigenvalue weighted by atomic mass is 9.91. The Morgan fingerprint density at radius 1 is 1.17 bits per heavy atom. The molecule has 8 nitrogen and oxygen atoms in total. The molecule has 0 unspecified atom stereocenters. The highest BCUT2D eigenvalue weighted by atomic mass is 16.5. The van der Waals surface area contributed by atoms with Gasteiger partial charge in [-0.05, 0) is 73.7 Å². The highest BCUT2D eigenvalue weighted by Crippen LogP contribution is 2.37. The van der Waals surface area contributed by atoms with Crippen LogP contribution in [0.3, 0.4) is 0 Å². The number of nitrogens with one attached hydrogen (secondary N) is 2. The number of amides is 1. The zero-order valence-corrected chi connectivity index (χ0v) is 20.0. The number of Topliss-reactive ketones (excluding diaryl/α,β-unsaturated/α-hetero) is 1. The van der Waals surface area contributed by atoms with Gasteiger partial charge in [0, 0.05) is 59.7 Å². The number of aliphatic imine (C=N–C) groups is 1. The number of hydrogen-bond donors (Lipinski definition) is 2. The fourth-order valence-electron chi connectivity index (χ4n) is 4.68. The number of H-pyrrole nitrogens is 1. The van der Waals surface area contributed by atoms with Crippen molar-refractivity contribution in [1.29, 1.82) is 0 Å². The number of hydrogen-bond acceptors (Lipinski definition) is 6. The van der Waals surface area contributed by atoms with Crippen LogP contribution in [0, 0.1) is 0 Å². The Labute approximate surface area is 208 Å². The van der Waals surface area contributed by atoms with Crippen LogP contribution in [0.15, 0.2) is 47.7 Å². The summed E-state index contributed by atoms with van der Waals surface area (Å²) >= 11 is 0. The molecule has 3 aromatic rings. The molecule has 0 radical (unpaired) electrons. The Balaban J connectivity index is 1.51. The number of esters is 1. The third-order valence-electron chi connectivity index (χ3n) is 6.35. The van der Waals surface area contributed by atoms with Crippen LogP contribution in [0.5, 0.6) is 0 Å². The van der Waals surface area contributed by atoms with E-state index in [0.29, 0.717) is 47.7 Å². The number of pyridine rings is 1. The van der Waals surface area contributed by atoms with E-state index in [0.717, 1.165) is 35.2 Å². The fraction of sp³-hybridized carbons (Fsp3) is 0.250. The SMILES string of the molecule is CCOC(=O)CCc1c(/C=C2\C(=O)Nc3ccc(/N=C/c4ccncc4)cc32)[nH]c2c1C(=O)CCC2. The summed E-state index contributed by atoms with van der Waals surface area (Å²) < 4.78 is 5.09. The highest BCUT2D eigenvalue weighted by Gasteiger charge is 2.29. The predicted molar refractivity (Wildman–Crippen MR) is 137 cm³/mol. The average Bonchev–Trinajstić information content (AvgIpc) is 3.39. The Bertz CT molecular complexity index is 1400. The first kappa shape index (κ1) is 23.4. The number of anilines is 1. The Morgan fingerprint density at radius 3 is 2.81 bits per heavy atom. The monoisotopic (exact) mass is 482 g/mol. The largest absolute Gasteiger partial charge is 0.466 e. The minimum atomic E-state index is -0.310. The molecule has 2 aromatic heterocycles. The van der Waals surface area contributed by atoms with Crippen LogP contribution in [-0.2, 0) is 27.2 Å². The molecule has 0 saturated carbocycles. The van der Waals surface area contributed by atoms with E-state index in [-0.39, 0.29) is 24.1 Å². The molecule has 1 aliphatic heterocycles. The van der Waals surface area contributed by atoms with Crippen molar-refractivity contribution < 1.29 is 19.1 Å². The lowest BCUT2D eigenvalue weighted by Crippen LogP contribution is -2.12. The summed E-state index contributed by atoms with van der Waals surface area (Å²) in [6, 6.07) is 9.26. The summed E-state index contributed by atoms with van der Waals surface area (Å²) in [7, 11) is 0. The molecule has 2 aliphatic rings. The van der Waals surface area contributed by atoms with Gasteiger partial charge in [0.25, 0.3) is 5.91 Å². The summed E-state index contributed by atoms with van der Waals surface area (Å²) in [6.45, 7) is 2.07. The number of nitrogens with zero attached hydrogens (tertiary/aromatic N) is 2. The molecule has 1 amide bonds. The number of aromatic nitrogens is 2. The van der Waals surface area contributed by atoms with Crippen LogP contribution in [-0.4, -0.2) is 40.4 Å². The first-order valence-corrected chi connectivity index (χ1v) is 12.1. The summed E-state index contributed by atoms with van der Waals surface area (Å²) in [5, 5.41) is 2.90. The standard InChI is InChI=1S/C28H26N4O4/c1-2-36-26(34)9-7-19-24(31-23-4-3-5-25(33)27(19)23)15-21-20-14-18(6-8-22(20)32-28(21)35)30-16-17-10-12-29-13-11-17/h6,8,10-16,31H,2-5,7,9H2,1H3,(H,32,35)/b21-15-,30-16+. The average molecular weight is 483 g/mol. The third-order valence-corrected chi connectivity index (χ3v) is 6.35. The molecule has 0 fully saturated rings. The topological polar surface area (TPSA) is 114 Å². The molecule has 182 valence electrons. The van der Waals surface area contributed by atoms with Gasteiger partial charge >= 0.3 is 5.97 Å². The second kappa shape index (κ2) is 10.1. The smallest absolute Gasteiger partial charge is 0.306 e. The van der Waals surface area contributed by atoms with Crippen molar-refractivity contribution in [3.8, 4) is 0 Å². The molecule has 36 heavy (non-hydrogen) atoms. The molecule has 5 rings (SSSR count). The van der Waals surface area contributed by atoms with Gasteiger partial charge in [0.15, 0.2) is 5.78 Å². The van der Waals surface area contributed by atoms with E-state index in [4.69, 9.17) is 4.74 Å². The molecule has 3 heterocycles. The maximum atomic E-state index is 12.9. The van der Waals surface area contributed by atoms with Crippen molar-refractivity contribution in [3.05, 3.63) is 76.4 Å². The van der Waals surface area contributed by atoms with E-state index in [1.807, 2.05) is 30.3 Å². The van der Waals surface area contributed by atoms with Gasteiger partial charge in [-0.1, -0.05) is 0 Å². The van der Waals surface area contributed by atoms with Crippen LogP contribution in [0.2, 0.25) is 0 Å². The Hall–Kier alpha value is -4.33. The summed E-state index contributed by atoms with van der Waals surface area (Å²) in [5.41, 5.74) is 6.52. The van der Waals surface area contributed by atoms with E-state index < -0.39 is 0 Å². The van der Waals surface area contributed by atoms with Gasteiger partial charge in [-0.3, -0.25) is 24.4 Å². The molecule has 0 atom stereocenters. The molecule has 1 aromatic carbocycles. The van der Waals surface area contributed by atoms with E-state index in [9.17, 15) is 14.4 Å². The highest BCUT2D eigenvalue weighted by molar-refractivity contribution is 6.35. The number of aryl methyl sites for hydroxylation is 1. The van der Waals surface area contributed by atoms with Gasteiger partial charge in [-0.25, -0.2) is 0 Å². The van der Waals surface area contributed by atoms with E-state index in [2.05, 4.69) is 20.3 Å². The first-order chi connectivity index (χ1) is 17.5. The van der Waals surface area contributed by atoms with Gasteiger partial charge < -0.3 is 15.0 Å². The number of carbonyl (C=O) groups excluding carboxylic acids is 3. The number of aromatic amines is 1. The number of rotatable bonds is 7. The van der Waals surface area contributed by atoms with Gasteiger partial charge in [-0.2, -0.15) is 0 Å². The minimum Gasteiger partial charge on any atom is -0.466 e.